The zero-order valence-corrected chi connectivity index (χ0v) is 16.0. The molecular formula is C18H31N5O3. The first-order valence-corrected chi connectivity index (χ1v) is 8.81. The fourth-order valence-corrected chi connectivity index (χ4v) is 2.17. The summed E-state index contributed by atoms with van der Waals surface area (Å²) >= 11 is 0. The Morgan fingerprint density at radius 2 is 2.15 bits per heavy atom. The Bertz CT molecular complexity index is 604. The average Bonchev–Trinajstić information content (AvgIpc) is 3.01. The van der Waals surface area contributed by atoms with E-state index < -0.39 is 11.7 Å². The number of aromatic nitrogens is 2. The fourth-order valence-electron chi connectivity index (χ4n) is 2.17. The smallest absolute Gasteiger partial charge is 0.407 e. The number of ether oxygens (including phenoxy) is 1. The van der Waals surface area contributed by atoms with E-state index in [1.165, 1.54) is 0 Å². The maximum atomic E-state index is 11.5. The van der Waals surface area contributed by atoms with Crippen molar-refractivity contribution in [2.45, 2.75) is 58.1 Å². The third-order valence-electron chi connectivity index (χ3n) is 3.42. The molecule has 1 heterocycles. The van der Waals surface area contributed by atoms with Gasteiger partial charge in [-0.2, -0.15) is 4.98 Å². The van der Waals surface area contributed by atoms with Crippen molar-refractivity contribution in [1.29, 1.82) is 0 Å². The molecule has 1 rings (SSSR count). The van der Waals surface area contributed by atoms with Gasteiger partial charge < -0.3 is 26.0 Å². The molecule has 1 atom stereocenters. The topological polar surface area (TPSA) is 129 Å². The standard InChI is InChI=1S/C18H31N5O3/c1-5-13(9-10-19)12-15-22-16(26-23-15)14(20)8-6-7-11-21-17(24)25-18(2,3)4/h5,9,14H,1,6-8,10-12,19-20H2,2-4H3,(H,21,24)/b13-9+. The lowest BCUT2D eigenvalue weighted by atomic mass is 10.1. The number of allylic oxidation sites excluding steroid dienone is 2. The largest absolute Gasteiger partial charge is 0.444 e. The van der Waals surface area contributed by atoms with E-state index in [0.717, 1.165) is 18.4 Å². The fraction of sp³-hybridized carbons (Fsp3) is 0.611. The van der Waals surface area contributed by atoms with Crippen LogP contribution in [0.1, 0.15) is 57.8 Å². The SMILES string of the molecule is C=C/C(=C\CN)Cc1noc(C(N)CCCCNC(=O)OC(C)(C)C)n1. The molecule has 5 N–H and O–H groups in total. The van der Waals surface area contributed by atoms with Crippen molar-refractivity contribution in [2.75, 3.05) is 13.1 Å². The Kier molecular flexibility index (Phi) is 9.01. The molecule has 26 heavy (non-hydrogen) atoms. The number of alkyl carbamates (subject to hydrolysis) is 1. The summed E-state index contributed by atoms with van der Waals surface area (Å²) in [5.41, 5.74) is 12.0. The summed E-state index contributed by atoms with van der Waals surface area (Å²) in [6.45, 7) is 10.2. The summed E-state index contributed by atoms with van der Waals surface area (Å²) in [5.74, 6) is 0.970. The molecule has 0 aromatic carbocycles. The van der Waals surface area contributed by atoms with Crippen LogP contribution in [0.3, 0.4) is 0 Å². The number of nitrogens with two attached hydrogens (primary N) is 2. The molecular weight excluding hydrogens is 334 g/mol. The van der Waals surface area contributed by atoms with Crippen LogP contribution in [0.15, 0.2) is 28.8 Å². The molecule has 1 amide bonds. The Morgan fingerprint density at radius 3 is 2.77 bits per heavy atom. The Morgan fingerprint density at radius 1 is 1.42 bits per heavy atom. The third-order valence-corrected chi connectivity index (χ3v) is 3.42. The van der Waals surface area contributed by atoms with Gasteiger partial charge in [-0.25, -0.2) is 4.79 Å². The van der Waals surface area contributed by atoms with Crippen molar-refractivity contribution in [3.05, 3.63) is 36.0 Å². The quantitative estimate of drug-likeness (QED) is 0.429. The first-order valence-electron chi connectivity index (χ1n) is 8.81. The van der Waals surface area contributed by atoms with Crippen LogP contribution < -0.4 is 16.8 Å². The van der Waals surface area contributed by atoms with Gasteiger partial charge in [-0.3, -0.25) is 0 Å². The number of nitrogens with zero attached hydrogens (tertiary/aromatic N) is 2. The number of carbonyl (C=O) groups excluding carboxylic acids is 1. The van der Waals surface area contributed by atoms with Gasteiger partial charge >= 0.3 is 6.09 Å². The van der Waals surface area contributed by atoms with Crippen molar-refractivity contribution >= 4 is 6.09 Å². The summed E-state index contributed by atoms with van der Waals surface area (Å²) in [4.78, 5) is 15.9. The summed E-state index contributed by atoms with van der Waals surface area (Å²) in [5, 5.41) is 6.66. The first-order chi connectivity index (χ1) is 12.2. The highest BCUT2D eigenvalue weighted by atomic mass is 16.6. The summed E-state index contributed by atoms with van der Waals surface area (Å²) in [7, 11) is 0. The molecule has 8 heteroatoms. The van der Waals surface area contributed by atoms with E-state index >= 15 is 0 Å². The molecule has 0 spiro atoms. The second-order valence-electron chi connectivity index (χ2n) is 6.98. The number of rotatable bonds is 10. The van der Waals surface area contributed by atoms with Gasteiger partial charge in [0, 0.05) is 19.5 Å². The molecule has 0 radical (unpaired) electrons. The Labute approximate surface area is 155 Å². The minimum atomic E-state index is -0.493. The molecule has 0 saturated heterocycles. The van der Waals surface area contributed by atoms with Crippen molar-refractivity contribution in [3.63, 3.8) is 0 Å². The highest BCUT2D eigenvalue weighted by Crippen LogP contribution is 2.16. The Balaban J connectivity index is 2.32. The second kappa shape index (κ2) is 10.7. The minimum absolute atomic E-state index is 0.330. The second-order valence-corrected chi connectivity index (χ2v) is 6.98. The molecule has 0 bridgehead atoms. The predicted molar refractivity (Wildman–Crippen MR) is 100 cm³/mol. The molecule has 146 valence electrons. The Hall–Kier alpha value is -2.19. The van der Waals surface area contributed by atoms with Crippen molar-refractivity contribution in [1.82, 2.24) is 15.5 Å². The summed E-state index contributed by atoms with van der Waals surface area (Å²) in [6, 6.07) is -0.330. The van der Waals surface area contributed by atoms with Gasteiger partial charge in [-0.05, 0) is 45.6 Å². The molecule has 1 aromatic rings. The number of amides is 1. The van der Waals surface area contributed by atoms with Crippen LogP contribution in [0.2, 0.25) is 0 Å². The minimum Gasteiger partial charge on any atom is -0.444 e. The van der Waals surface area contributed by atoms with Crippen LogP contribution >= 0.6 is 0 Å². The van der Waals surface area contributed by atoms with E-state index in [9.17, 15) is 4.79 Å². The molecule has 0 aliphatic rings. The highest BCUT2D eigenvalue weighted by molar-refractivity contribution is 5.67. The maximum absolute atomic E-state index is 11.5. The van der Waals surface area contributed by atoms with Crippen LogP contribution in [-0.2, 0) is 11.2 Å². The monoisotopic (exact) mass is 365 g/mol. The van der Waals surface area contributed by atoms with E-state index in [4.69, 9.17) is 20.7 Å². The number of hydrogen-bond donors (Lipinski definition) is 3. The van der Waals surface area contributed by atoms with Crippen molar-refractivity contribution < 1.29 is 14.1 Å². The molecule has 0 saturated carbocycles. The maximum Gasteiger partial charge on any atom is 0.407 e. The van der Waals surface area contributed by atoms with E-state index in [1.807, 2.05) is 26.8 Å². The summed E-state index contributed by atoms with van der Waals surface area (Å²) < 4.78 is 10.4. The van der Waals surface area contributed by atoms with Gasteiger partial charge in [0.2, 0.25) is 5.89 Å². The van der Waals surface area contributed by atoms with Crippen LogP contribution in [0.25, 0.3) is 0 Å². The normalized spacial score (nSPS) is 13.3. The van der Waals surface area contributed by atoms with E-state index in [-0.39, 0.29) is 6.04 Å². The number of carbonyl (C=O) groups is 1. The molecule has 1 aromatic heterocycles. The van der Waals surface area contributed by atoms with E-state index in [0.29, 0.717) is 37.6 Å². The van der Waals surface area contributed by atoms with Crippen LogP contribution in [0.4, 0.5) is 4.79 Å². The zero-order valence-electron chi connectivity index (χ0n) is 16.0. The molecule has 1 unspecified atom stereocenters. The number of unbranched alkanes of at least 4 members (excludes halogenated alkanes) is 1. The van der Waals surface area contributed by atoms with Crippen LogP contribution in [0.5, 0.6) is 0 Å². The van der Waals surface area contributed by atoms with Gasteiger partial charge in [0.1, 0.15) is 5.60 Å². The third kappa shape index (κ3) is 8.77. The number of nitrogens with one attached hydrogen (secondary N) is 1. The number of hydrogen-bond acceptors (Lipinski definition) is 7. The highest BCUT2D eigenvalue weighted by Gasteiger charge is 2.16. The average molecular weight is 365 g/mol. The van der Waals surface area contributed by atoms with Crippen molar-refractivity contribution in [3.8, 4) is 0 Å². The van der Waals surface area contributed by atoms with Gasteiger partial charge in [0.25, 0.3) is 0 Å². The summed E-state index contributed by atoms with van der Waals surface area (Å²) in [6.07, 6.45) is 5.97. The van der Waals surface area contributed by atoms with Crippen molar-refractivity contribution in [2.24, 2.45) is 11.5 Å². The predicted octanol–water partition coefficient (Wildman–Crippen LogP) is 2.38. The molecule has 0 fully saturated rings. The van der Waals surface area contributed by atoms with Gasteiger partial charge in [-0.15, -0.1) is 0 Å². The molecule has 0 aliphatic heterocycles. The van der Waals surface area contributed by atoms with Gasteiger partial charge in [0.15, 0.2) is 5.82 Å². The lowest BCUT2D eigenvalue weighted by Crippen LogP contribution is -2.33. The molecule has 0 aliphatic carbocycles. The molecule has 8 nitrogen and oxygen atoms in total. The lowest BCUT2D eigenvalue weighted by Gasteiger charge is -2.19. The first kappa shape index (κ1) is 21.9. The lowest BCUT2D eigenvalue weighted by molar-refractivity contribution is 0.0527. The van der Waals surface area contributed by atoms with E-state index in [1.54, 1.807) is 6.08 Å². The van der Waals surface area contributed by atoms with E-state index in [2.05, 4.69) is 22.0 Å². The van der Waals surface area contributed by atoms with Gasteiger partial charge in [0.05, 0.1) is 6.04 Å². The van der Waals surface area contributed by atoms with Crippen LogP contribution in [0, 0.1) is 0 Å². The zero-order chi connectivity index (χ0) is 19.6. The van der Waals surface area contributed by atoms with Gasteiger partial charge in [-0.1, -0.05) is 23.9 Å². The van der Waals surface area contributed by atoms with Crippen LogP contribution in [-0.4, -0.2) is 34.9 Å².